The van der Waals surface area contributed by atoms with E-state index in [0.717, 1.165) is 24.9 Å². The van der Waals surface area contributed by atoms with Gasteiger partial charge in [0.1, 0.15) is 0 Å². The smallest absolute Gasteiger partial charge is 0.0637 e. The van der Waals surface area contributed by atoms with E-state index < -0.39 is 0 Å². The third-order valence-corrected chi connectivity index (χ3v) is 4.95. The summed E-state index contributed by atoms with van der Waals surface area (Å²) in [6.45, 7) is 1.80. The van der Waals surface area contributed by atoms with Crippen LogP contribution in [0.5, 0.6) is 0 Å². The maximum absolute atomic E-state index is 9.65. The van der Waals surface area contributed by atoms with Gasteiger partial charge < -0.3 is 10.4 Å². The topological polar surface area (TPSA) is 32.3 Å². The first-order chi connectivity index (χ1) is 9.17. The highest BCUT2D eigenvalue weighted by Gasteiger charge is 2.30. The zero-order valence-corrected chi connectivity index (χ0v) is 12.6. The highest BCUT2D eigenvalue weighted by molar-refractivity contribution is 6.42. The molecule has 1 saturated carbocycles. The Kier molecular flexibility index (Phi) is 5.52. The molecule has 2 rings (SSSR count). The summed E-state index contributed by atoms with van der Waals surface area (Å²) in [6, 6.07) is 5.69. The van der Waals surface area contributed by atoms with Crippen molar-refractivity contribution in [2.75, 3.05) is 13.2 Å². The average molecular weight is 302 g/mol. The van der Waals surface area contributed by atoms with Crippen LogP contribution in [0.3, 0.4) is 0 Å². The largest absolute Gasteiger partial charge is 0.396 e. The minimum Gasteiger partial charge on any atom is -0.396 e. The molecule has 1 aliphatic carbocycles. The fourth-order valence-electron chi connectivity index (χ4n) is 2.84. The van der Waals surface area contributed by atoms with Crippen LogP contribution in [0.1, 0.15) is 37.7 Å². The molecule has 0 unspecified atom stereocenters. The van der Waals surface area contributed by atoms with Crippen LogP contribution < -0.4 is 5.32 Å². The number of nitrogens with one attached hydrogen (secondary N) is 1. The molecule has 0 radical (unpaired) electrons. The Balaban J connectivity index is 1.90. The Morgan fingerprint density at radius 3 is 2.58 bits per heavy atom. The molecule has 0 heterocycles. The van der Waals surface area contributed by atoms with E-state index in [1.807, 2.05) is 12.1 Å². The van der Waals surface area contributed by atoms with Crippen molar-refractivity contribution in [3.63, 3.8) is 0 Å². The third-order valence-electron chi connectivity index (χ3n) is 4.10. The molecule has 106 valence electrons. The quantitative estimate of drug-likeness (QED) is 0.861. The van der Waals surface area contributed by atoms with Crippen LogP contribution in [0.25, 0.3) is 0 Å². The molecule has 0 aliphatic heterocycles. The van der Waals surface area contributed by atoms with Crippen LogP contribution in [-0.4, -0.2) is 18.3 Å². The maximum atomic E-state index is 9.65. The number of halogens is 2. The lowest BCUT2D eigenvalue weighted by atomic mass is 9.74. The number of aliphatic hydroxyl groups is 1. The van der Waals surface area contributed by atoms with E-state index in [9.17, 15) is 5.11 Å². The maximum Gasteiger partial charge on any atom is 0.0637 e. The van der Waals surface area contributed by atoms with Crippen LogP contribution in [0.15, 0.2) is 18.2 Å². The minimum atomic E-state index is 0.0588. The molecule has 0 bridgehead atoms. The Bertz CT molecular complexity index is 417. The highest BCUT2D eigenvalue weighted by atomic mass is 35.5. The molecular weight excluding hydrogens is 281 g/mol. The van der Waals surface area contributed by atoms with Gasteiger partial charge in [0, 0.05) is 25.1 Å². The predicted octanol–water partition coefficient (Wildman–Crippen LogP) is 4.03. The summed E-state index contributed by atoms with van der Waals surface area (Å²) in [5.41, 5.74) is 1.07. The third kappa shape index (κ3) is 3.85. The lowest BCUT2D eigenvalue weighted by Gasteiger charge is -2.35. The summed E-state index contributed by atoms with van der Waals surface area (Å²) in [4.78, 5) is 0. The van der Waals surface area contributed by atoms with Crippen molar-refractivity contribution >= 4 is 23.2 Å². The summed E-state index contributed by atoms with van der Waals surface area (Å²) < 4.78 is 0. The van der Waals surface area contributed by atoms with Crippen LogP contribution in [0.4, 0.5) is 0 Å². The predicted molar refractivity (Wildman–Crippen MR) is 80.8 cm³/mol. The number of hydrogen-bond donors (Lipinski definition) is 2. The molecule has 1 aromatic rings. The molecule has 0 atom stereocenters. The van der Waals surface area contributed by atoms with Crippen molar-refractivity contribution in [3.05, 3.63) is 33.8 Å². The minimum absolute atomic E-state index is 0.0588. The average Bonchev–Trinajstić information content (AvgIpc) is 2.44. The van der Waals surface area contributed by atoms with Gasteiger partial charge in [-0.3, -0.25) is 0 Å². The summed E-state index contributed by atoms with van der Waals surface area (Å²) in [5, 5.41) is 14.3. The fourth-order valence-corrected chi connectivity index (χ4v) is 3.23. The lowest BCUT2D eigenvalue weighted by molar-refractivity contribution is 0.0810. The van der Waals surface area contributed by atoms with Crippen LogP contribution >= 0.6 is 23.2 Å². The van der Waals surface area contributed by atoms with Gasteiger partial charge in [0.05, 0.1) is 10.0 Å². The van der Waals surface area contributed by atoms with Gasteiger partial charge in [0.15, 0.2) is 0 Å². The van der Waals surface area contributed by atoms with Gasteiger partial charge in [0.2, 0.25) is 0 Å². The summed E-state index contributed by atoms with van der Waals surface area (Å²) in [7, 11) is 0. The Hall–Kier alpha value is -0.280. The molecule has 0 aromatic heterocycles. The van der Waals surface area contributed by atoms with Crippen molar-refractivity contribution in [2.45, 2.75) is 38.6 Å². The first kappa shape index (κ1) is 15.1. The van der Waals surface area contributed by atoms with E-state index in [1.165, 1.54) is 19.3 Å². The second-order valence-corrected chi connectivity index (χ2v) is 6.32. The Labute approximate surface area is 125 Å². The number of aliphatic hydroxyl groups excluding tert-OH is 1. The molecule has 0 amide bonds. The molecule has 19 heavy (non-hydrogen) atoms. The van der Waals surface area contributed by atoms with E-state index in [-0.39, 0.29) is 12.0 Å². The summed E-state index contributed by atoms with van der Waals surface area (Å²) in [6.07, 6.45) is 5.96. The second kappa shape index (κ2) is 6.94. The van der Waals surface area contributed by atoms with Crippen LogP contribution in [-0.2, 0) is 6.54 Å². The van der Waals surface area contributed by atoms with Crippen LogP contribution in [0.2, 0.25) is 10.0 Å². The molecule has 0 spiro atoms. The zero-order valence-electron chi connectivity index (χ0n) is 11.1. The van der Waals surface area contributed by atoms with Gasteiger partial charge in [-0.2, -0.15) is 0 Å². The van der Waals surface area contributed by atoms with Gasteiger partial charge in [0.25, 0.3) is 0 Å². The van der Waals surface area contributed by atoms with Gasteiger partial charge in [-0.1, -0.05) is 54.6 Å². The standard InChI is InChI=1S/C15H21Cl2NO/c16-13-6-4-5-12(14(13)17)9-18-10-15(11-19)7-2-1-3-8-15/h4-6,18-19H,1-3,7-11H2. The summed E-state index contributed by atoms with van der Waals surface area (Å²) >= 11 is 12.2. The van der Waals surface area contributed by atoms with Crippen molar-refractivity contribution in [2.24, 2.45) is 5.41 Å². The van der Waals surface area contributed by atoms with Gasteiger partial charge in [-0.15, -0.1) is 0 Å². The molecule has 1 fully saturated rings. The van der Waals surface area contributed by atoms with Crippen molar-refractivity contribution < 1.29 is 5.11 Å². The van der Waals surface area contributed by atoms with E-state index in [1.54, 1.807) is 6.07 Å². The van der Waals surface area contributed by atoms with Gasteiger partial charge >= 0.3 is 0 Å². The first-order valence-electron chi connectivity index (χ1n) is 6.91. The Morgan fingerprint density at radius 1 is 1.16 bits per heavy atom. The van der Waals surface area contributed by atoms with Gasteiger partial charge in [-0.25, -0.2) is 0 Å². The van der Waals surface area contributed by atoms with Crippen molar-refractivity contribution in [1.82, 2.24) is 5.32 Å². The van der Waals surface area contributed by atoms with E-state index in [0.29, 0.717) is 16.6 Å². The second-order valence-electron chi connectivity index (χ2n) is 5.54. The highest BCUT2D eigenvalue weighted by Crippen LogP contribution is 2.35. The van der Waals surface area contributed by atoms with E-state index in [2.05, 4.69) is 5.32 Å². The van der Waals surface area contributed by atoms with E-state index >= 15 is 0 Å². The molecule has 1 aromatic carbocycles. The number of benzene rings is 1. The Morgan fingerprint density at radius 2 is 1.89 bits per heavy atom. The monoisotopic (exact) mass is 301 g/mol. The molecule has 2 N–H and O–H groups in total. The van der Waals surface area contributed by atoms with E-state index in [4.69, 9.17) is 23.2 Å². The van der Waals surface area contributed by atoms with Crippen molar-refractivity contribution in [3.8, 4) is 0 Å². The summed E-state index contributed by atoms with van der Waals surface area (Å²) in [5.74, 6) is 0. The SMILES string of the molecule is OCC1(CNCc2cccc(Cl)c2Cl)CCCCC1. The molecule has 0 saturated heterocycles. The normalized spacial score (nSPS) is 18.5. The molecule has 2 nitrogen and oxygen atoms in total. The molecule has 4 heteroatoms. The molecular formula is C15H21Cl2NO. The fraction of sp³-hybridized carbons (Fsp3) is 0.600. The number of rotatable bonds is 5. The zero-order chi connectivity index (χ0) is 13.7. The lowest BCUT2D eigenvalue weighted by Crippen LogP contribution is -2.38. The van der Waals surface area contributed by atoms with Crippen molar-refractivity contribution in [1.29, 1.82) is 0 Å². The van der Waals surface area contributed by atoms with Crippen LogP contribution in [0, 0.1) is 5.41 Å². The van der Waals surface area contributed by atoms with Gasteiger partial charge in [-0.05, 0) is 24.5 Å². The first-order valence-corrected chi connectivity index (χ1v) is 7.67. The molecule has 1 aliphatic rings. The number of hydrogen-bond acceptors (Lipinski definition) is 2.